The third-order valence-corrected chi connectivity index (χ3v) is 3.80. The summed E-state index contributed by atoms with van der Waals surface area (Å²) in [7, 11) is 0. The molecule has 0 saturated heterocycles. The summed E-state index contributed by atoms with van der Waals surface area (Å²) in [5.41, 5.74) is 2.66. The van der Waals surface area contributed by atoms with E-state index >= 15 is 0 Å². The van der Waals surface area contributed by atoms with Gasteiger partial charge in [-0.3, -0.25) is 4.79 Å². The maximum Gasteiger partial charge on any atom is 0.340 e. The molecule has 6 heteroatoms. The Morgan fingerprint density at radius 3 is 2.67 bits per heavy atom. The highest BCUT2D eigenvalue weighted by molar-refractivity contribution is 6.33. The molecule has 0 fully saturated rings. The molecule has 0 aliphatic heterocycles. The summed E-state index contributed by atoms with van der Waals surface area (Å²) in [5.74, 6) is -1.79. The number of hydrogen-bond acceptors (Lipinski definition) is 3. The average molecular weight is 350 g/mol. The minimum atomic E-state index is -0.782. The number of carbonyl (C=O) groups excluding carboxylic acids is 2. The van der Waals surface area contributed by atoms with Crippen molar-refractivity contribution >= 4 is 29.2 Å². The minimum absolute atomic E-state index is 0.0102. The summed E-state index contributed by atoms with van der Waals surface area (Å²) in [5, 5.41) is 2.69. The van der Waals surface area contributed by atoms with Crippen LogP contribution in [0.2, 0.25) is 5.02 Å². The van der Waals surface area contributed by atoms with Crippen molar-refractivity contribution in [3.05, 3.63) is 63.9 Å². The first-order chi connectivity index (χ1) is 11.4. The molecule has 2 rings (SSSR count). The fraction of sp³-hybridized carbons (Fsp3) is 0.222. The lowest BCUT2D eigenvalue weighted by Crippen LogP contribution is -2.22. The number of rotatable bonds is 5. The number of carbonyl (C=O) groups is 2. The van der Waals surface area contributed by atoms with E-state index < -0.39 is 24.3 Å². The van der Waals surface area contributed by atoms with Gasteiger partial charge in [0, 0.05) is 5.69 Å². The van der Waals surface area contributed by atoms with Gasteiger partial charge < -0.3 is 10.1 Å². The van der Waals surface area contributed by atoms with Gasteiger partial charge in [-0.05, 0) is 42.7 Å². The van der Waals surface area contributed by atoms with Crippen LogP contribution in [0.3, 0.4) is 0 Å². The van der Waals surface area contributed by atoms with Crippen molar-refractivity contribution in [3.8, 4) is 0 Å². The van der Waals surface area contributed by atoms with E-state index in [0.717, 1.165) is 35.4 Å². The molecule has 0 heterocycles. The van der Waals surface area contributed by atoms with Crippen LogP contribution in [0.15, 0.2) is 36.4 Å². The second-order valence-electron chi connectivity index (χ2n) is 5.21. The molecule has 0 saturated carbocycles. The topological polar surface area (TPSA) is 55.4 Å². The van der Waals surface area contributed by atoms with Gasteiger partial charge in [0.15, 0.2) is 6.61 Å². The SMILES string of the molecule is CCc1cccc(C)c1NC(=O)COC(=O)c1ccc(F)cc1Cl. The Labute approximate surface area is 144 Å². The molecule has 0 unspecified atom stereocenters. The van der Waals surface area contributed by atoms with Gasteiger partial charge in [0.1, 0.15) is 5.82 Å². The largest absolute Gasteiger partial charge is 0.452 e. The van der Waals surface area contributed by atoms with Crippen molar-refractivity contribution in [2.75, 3.05) is 11.9 Å². The number of para-hydroxylation sites is 1. The van der Waals surface area contributed by atoms with Gasteiger partial charge >= 0.3 is 5.97 Å². The minimum Gasteiger partial charge on any atom is -0.452 e. The van der Waals surface area contributed by atoms with Crippen molar-refractivity contribution in [2.45, 2.75) is 20.3 Å². The average Bonchev–Trinajstić information content (AvgIpc) is 2.54. The van der Waals surface area contributed by atoms with E-state index in [1.54, 1.807) is 0 Å². The summed E-state index contributed by atoms with van der Waals surface area (Å²) < 4.78 is 17.9. The highest BCUT2D eigenvalue weighted by Gasteiger charge is 2.15. The first-order valence-corrected chi connectivity index (χ1v) is 7.80. The zero-order valence-corrected chi connectivity index (χ0v) is 14.1. The lowest BCUT2D eigenvalue weighted by molar-refractivity contribution is -0.119. The molecule has 0 aliphatic rings. The van der Waals surface area contributed by atoms with Crippen LogP contribution in [0, 0.1) is 12.7 Å². The number of anilines is 1. The Kier molecular flexibility index (Phi) is 5.93. The molecular formula is C18H17ClFNO3. The molecule has 2 aromatic carbocycles. The molecule has 0 atom stereocenters. The quantitative estimate of drug-likeness (QED) is 0.825. The number of ether oxygens (including phenoxy) is 1. The molecule has 0 spiro atoms. The standard InChI is InChI=1S/C18H17ClFNO3/c1-3-12-6-4-5-11(2)17(12)21-16(22)10-24-18(23)14-8-7-13(20)9-15(14)19/h4-9H,3,10H2,1-2H3,(H,21,22). The summed E-state index contributed by atoms with van der Waals surface area (Å²) in [6.07, 6.45) is 0.766. The predicted molar refractivity (Wildman–Crippen MR) is 90.9 cm³/mol. The van der Waals surface area contributed by atoms with E-state index in [9.17, 15) is 14.0 Å². The van der Waals surface area contributed by atoms with Crippen LogP contribution < -0.4 is 5.32 Å². The summed E-state index contributed by atoms with van der Waals surface area (Å²) in [6, 6.07) is 9.06. The first-order valence-electron chi connectivity index (χ1n) is 7.43. The van der Waals surface area contributed by atoms with Gasteiger partial charge in [-0.15, -0.1) is 0 Å². The first kappa shape index (κ1) is 17.9. The number of aryl methyl sites for hydroxylation is 2. The number of hydrogen-bond donors (Lipinski definition) is 1. The Hall–Kier alpha value is -2.40. The lowest BCUT2D eigenvalue weighted by atomic mass is 10.1. The smallest absolute Gasteiger partial charge is 0.340 e. The third-order valence-electron chi connectivity index (χ3n) is 3.49. The van der Waals surface area contributed by atoms with E-state index in [1.165, 1.54) is 6.07 Å². The van der Waals surface area contributed by atoms with Gasteiger partial charge in [0.05, 0.1) is 10.6 Å². The highest BCUT2D eigenvalue weighted by Crippen LogP contribution is 2.21. The summed E-state index contributed by atoms with van der Waals surface area (Å²) in [6.45, 7) is 3.42. The van der Waals surface area contributed by atoms with Crippen molar-refractivity contribution in [1.29, 1.82) is 0 Å². The van der Waals surface area contributed by atoms with E-state index in [4.69, 9.17) is 16.3 Å². The van der Waals surface area contributed by atoms with E-state index in [-0.39, 0.29) is 10.6 Å². The van der Waals surface area contributed by atoms with Gasteiger partial charge in [0.25, 0.3) is 5.91 Å². The number of benzene rings is 2. The van der Waals surface area contributed by atoms with Crippen LogP contribution >= 0.6 is 11.6 Å². The van der Waals surface area contributed by atoms with Crippen LogP contribution in [-0.2, 0) is 16.0 Å². The van der Waals surface area contributed by atoms with Crippen LogP contribution in [0.5, 0.6) is 0 Å². The molecule has 0 aliphatic carbocycles. The van der Waals surface area contributed by atoms with E-state index in [0.29, 0.717) is 0 Å². The second kappa shape index (κ2) is 7.93. The predicted octanol–water partition coefficient (Wildman–Crippen LogP) is 4.15. The molecule has 126 valence electrons. The van der Waals surface area contributed by atoms with Crippen molar-refractivity contribution in [2.24, 2.45) is 0 Å². The van der Waals surface area contributed by atoms with E-state index in [1.807, 2.05) is 32.0 Å². The fourth-order valence-electron chi connectivity index (χ4n) is 2.24. The van der Waals surface area contributed by atoms with Gasteiger partial charge in [0.2, 0.25) is 0 Å². The zero-order chi connectivity index (χ0) is 17.7. The van der Waals surface area contributed by atoms with Gasteiger partial charge in [-0.25, -0.2) is 9.18 Å². The highest BCUT2D eigenvalue weighted by atomic mass is 35.5. The summed E-state index contributed by atoms with van der Waals surface area (Å²) >= 11 is 5.79. The Balaban J connectivity index is 2.00. The molecule has 0 bridgehead atoms. The number of esters is 1. The molecule has 2 aromatic rings. The number of halogens is 2. The second-order valence-corrected chi connectivity index (χ2v) is 5.62. The molecular weight excluding hydrogens is 333 g/mol. The van der Waals surface area contributed by atoms with Crippen molar-refractivity contribution < 1.29 is 18.7 Å². The van der Waals surface area contributed by atoms with Crippen molar-refractivity contribution in [3.63, 3.8) is 0 Å². The lowest BCUT2D eigenvalue weighted by Gasteiger charge is -2.13. The molecule has 0 radical (unpaired) electrons. The Bertz CT molecular complexity index is 777. The van der Waals surface area contributed by atoms with Gasteiger partial charge in [-0.2, -0.15) is 0 Å². The fourth-order valence-corrected chi connectivity index (χ4v) is 2.49. The van der Waals surface area contributed by atoms with Crippen molar-refractivity contribution in [1.82, 2.24) is 0 Å². The van der Waals surface area contributed by atoms with Crippen LogP contribution in [0.25, 0.3) is 0 Å². The van der Waals surface area contributed by atoms with Crippen LogP contribution in [0.4, 0.5) is 10.1 Å². The third kappa shape index (κ3) is 4.32. The van der Waals surface area contributed by atoms with E-state index in [2.05, 4.69) is 5.32 Å². The number of nitrogens with one attached hydrogen (secondary N) is 1. The molecule has 1 amide bonds. The molecule has 0 aromatic heterocycles. The maximum atomic E-state index is 13.0. The van der Waals surface area contributed by atoms with Gasteiger partial charge in [-0.1, -0.05) is 36.7 Å². The monoisotopic (exact) mass is 349 g/mol. The van der Waals surface area contributed by atoms with Crippen LogP contribution in [0.1, 0.15) is 28.4 Å². The normalized spacial score (nSPS) is 10.3. The Morgan fingerprint density at radius 2 is 2.00 bits per heavy atom. The zero-order valence-electron chi connectivity index (χ0n) is 13.4. The number of amides is 1. The summed E-state index contributed by atoms with van der Waals surface area (Å²) in [4.78, 5) is 23.9. The van der Waals surface area contributed by atoms with Crippen LogP contribution in [-0.4, -0.2) is 18.5 Å². The molecule has 1 N–H and O–H groups in total. The Morgan fingerprint density at radius 1 is 1.25 bits per heavy atom. The maximum absolute atomic E-state index is 13.0. The molecule has 4 nitrogen and oxygen atoms in total. The molecule has 24 heavy (non-hydrogen) atoms.